The van der Waals surface area contributed by atoms with Crippen molar-refractivity contribution in [3.8, 4) is 0 Å². The van der Waals surface area contributed by atoms with Gasteiger partial charge in [0.1, 0.15) is 5.82 Å². The zero-order valence-electron chi connectivity index (χ0n) is 14.4. The Kier molecular flexibility index (Phi) is 5.41. The molecule has 0 saturated carbocycles. The maximum Gasteiger partial charge on any atom is 0.127 e. The molecule has 22 heavy (non-hydrogen) atoms. The van der Waals surface area contributed by atoms with Crippen molar-refractivity contribution in [2.24, 2.45) is 5.73 Å². The van der Waals surface area contributed by atoms with Crippen molar-refractivity contribution < 1.29 is 0 Å². The molecule has 1 aromatic heterocycles. The summed E-state index contributed by atoms with van der Waals surface area (Å²) in [6.07, 6.45) is 3.27. The minimum absolute atomic E-state index is 0.00537. The average molecular weight is 299 g/mol. The van der Waals surface area contributed by atoms with Crippen molar-refractivity contribution in [2.75, 3.05) is 0 Å². The first-order chi connectivity index (χ1) is 10.4. The van der Waals surface area contributed by atoms with Crippen molar-refractivity contribution in [2.45, 2.75) is 65.5 Å². The molecule has 1 aromatic carbocycles. The molecule has 1 atom stereocenters. The molecule has 3 nitrogen and oxygen atoms in total. The molecule has 1 heterocycles. The zero-order chi connectivity index (χ0) is 16.3. The summed E-state index contributed by atoms with van der Waals surface area (Å²) in [5.41, 5.74) is 11.1. The van der Waals surface area contributed by atoms with E-state index in [2.05, 4.69) is 57.0 Å². The van der Waals surface area contributed by atoms with Crippen LogP contribution in [0.3, 0.4) is 0 Å². The number of nitrogens with two attached hydrogens (primary N) is 1. The Labute approximate surface area is 134 Å². The van der Waals surface area contributed by atoms with E-state index in [1.54, 1.807) is 0 Å². The molecule has 0 spiro atoms. The summed E-state index contributed by atoms with van der Waals surface area (Å²) in [6, 6.07) is 6.57. The molecular weight excluding hydrogens is 270 g/mol. The maximum absolute atomic E-state index is 6.41. The molecule has 2 aromatic rings. The maximum atomic E-state index is 6.41. The highest BCUT2D eigenvalue weighted by Crippen LogP contribution is 2.26. The van der Waals surface area contributed by atoms with E-state index in [-0.39, 0.29) is 6.04 Å². The summed E-state index contributed by atoms with van der Waals surface area (Å²) in [4.78, 5) is 4.86. The van der Waals surface area contributed by atoms with Crippen LogP contribution in [0, 0.1) is 0 Å². The van der Waals surface area contributed by atoms with Gasteiger partial charge in [0, 0.05) is 6.54 Å². The SMILES string of the molecule is C=C(C)Cn1c(C(N)CCCC)nc2cc(C(C)C)ccc21. The number of unbranched alkanes of at least 4 members (excludes halogenated alkanes) is 1. The lowest BCUT2D eigenvalue weighted by Gasteiger charge is -2.14. The Morgan fingerprint density at radius 3 is 2.68 bits per heavy atom. The van der Waals surface area contributed by atoms with Crippen molar-refractivity contribution in [3.63, 3.8) is 0 Å². The predicted octanol–water partition coefficient (Wildman–Crippen LogP) is 4.93. The summed E-state index contributed by atoms with van der Waals surface area (Å²) < 4.78 is 2.24. The summed E-state index contributed by atoms with van der Waals surface area (Å²) >= 11 is 0. The quantitative estimate of drug-likeness (QED) is 0.737. The van der Waals surface area contributed by atoms with E-state index in [0.29, 0.717) is 5.92 Å². The van der Waals surface area contributed by atoms with E-state index in [4.69, 9.17) is 10.7 Å². The number of imidazole rings is 1. The molecule has 0 bridgehead atoms. The predicted molar refractivity (Wildman–Crippen MR) is 95.1 cm³/mol. The van der Waals surface area contributed by atoms with Gasteiger partial charge in [-0.1, -0.05) is 51.8 Å². The molecule has 1 unspecified atom stereocenters. The number of allylic oxidation sites excluding steroid dienone is 1. The van der Waals surface area contributed by atoms with E-state index in [1.807, 2.05) is 0 Å². The fourth-order valence-electron chi connectivity index (χ4n) is 2.80. The first kappa shape index (κ1) is 16.8. The number of aromatic nitrogens is 2. The third kappa shape index (κ3) is 3.58. The fourth-order valence-corrected chi connectivity index (χ4v) is 2.80. The summed E-state index contributed by atoms with van der Waals surface area (Å²) in [6.45, 7) is 13.5. The van der Waals surface area contributed by atoms with Crippen LogP contribution in [0.4, 0.5) is 0 Å². The van der Waals surface area contributed by atoms with Gasteiger partial charge in [0.2, 0.25) is 0 Å². The highest BCUT2D eigenvalue weighted by Gasteiger charge is 2.17. The van der Waals surface area contributed by atoms with Crippen LogP contribution < -0.4 is 5.73 Å². The third-order valence-corrected chi connectivity index (χ3v) is 4.10. The third-order valence-electron chi connectivity index (χ3n) is 4.10. The lowest BCUT2D eigenvalue weighted by Crippen LogP contribution is -2.17. The Morgan fingerprint density at radius 1 is 1.36 bits per heavy atom. The molecule has 2 N–H and O–H groups in total. The Morgan fingerprint density at radius 2 is 2.09 bits per heavy atom. The lowest BCUT2D eigenvalue weighted by atomic mass is 10.0. The largest absolute Gasteiger partial charge is 0.323 e. The van der Waals surface area contributed by atoms with Crippen LogP contribution in [-0.2, 0) is 6.54 Å². The van der Waals surface area contributed by atoms with E-state index < -0.39 is 0 Å². The Bertz CT molecular complexity index is 652. The lowest BCUT2D eigenvalue weighted by molar-refractivity contribution is 0.551. The number of benzene rings is 1. The Hall–Kier alpha value is -1.61. The van der Waals surface area contributed by atoms with Crippen molar-refractivity contribution in [1.29, 1.82) is 0 Å². The molecule has 0 radical (unpaired) electrons. The number of hydrogen-bond donors (Lipinski definition) is 1. The summed E-state index contributed by atoms with van der Waals surface area (Å²) in [7, 11) is 0. The van der Waals surface area contributed by atoms with Gasteiger partial charge in [-0.25, -0.2) is 4.98 Å². The van der Waals surface area contributed by atoms with Gasteiger partial charge >= 0.3 is 0 Å². The molecule has 0 aliphatic heterocycles. The van der Waals surface area contributed by atoms with E-state index >= 15 is 0 Å². The van der Waals surface area contributed by atoms with Gasteiger partial charge in [0.25, 0.3) is 0 Å². The zero-order valence-corrected chi connectivity index (χ0v) is 14.4. The second-order valence-electron chi connectivity index (χ2n) is 6.66. The number of fused-ring (bicyclic) bond motifs is 1. The molecule has 120 valence electrons. The van der Waals surface area contributed by atoms with E-state index in [9.17, 15) is 0 Å². The summed E-state index contributed by atoms with van der Waals surface area (Å²) in [5, 5.41) is 0. The standard InChI is InChI=1S/C19H29N3/c1-6-7-8-16(20)19-21-17-11-15(14(4)5)9-10-18(17)22(19)12-13(2)3/h9-11,14,16H,2,6-8,12,20H2,1,3-5H3. The van der Waals surface area contributed by atoms with Crippen molar-refractivity contribution in [1.82, 2.24) is 9.55 Å². The first-order valence-corrected chi connectivity index (χ1v) is 8.34. The van der Waals surface area contributed by atoms with E-state index in [1.165, 1.54) is 5.56 Å². The number of rotatable bonds is 7. The van der Waals surface area contributed by atoms with Gasteiger partial charge in [-0.15, -0.1) is 0 Å². The van der Waals surface area contributed by atoms with E-state index in [0.717, 1.165) is 48.2 Å². The van der Waals surface area contributed by atoms with Gasteiger partial charge in [-0.2, -0.15) is 0 Å². The van der Waals surface area contributed by atoms with Crippen LogP contribution in [0.5, 0.6) is 0 Å². The second-order valence-corrected chi connectivity index (χ2v) is 6.66. The van der Waals surface area contributed by atoms with Crippen molar-refractivity contribution >= 4 is 11.0 Å². The Balaban J connectivity index is 2.50. The van der Waals surface area contributed by atoms with Crippen LogP contribution >= 0.6 is 0 Å². The first-order valence-electron chi connectivity index (χ1n) is 8.34. The van der Waals surface area contributed by atoms with Gasteiger partial charge in [-0.3, -0.25) is 0 Å². The molecule has 2 rings (SSSR count). The smallest absolute Gasteiger partial charge is 0.127 e. The molecule has 0 amide bonds. The van der Waals surface area contributed by atoms with Crippen LogP contribution in [-0.4, -0.2) is 9.55 Å². The monoisotopic (exact) mass is 299 g/mol. The van der Waals surface area contributed by atoms with Gasteiger partial charge in [0.05, 0.1) is 17.1 Å². The number of nitrogens with zero attached hydrogens (tertiary/aromatic N) is 2. The minimum atomic E-state index is -0.00537. The molecule has 0 saturated heterocycles. The van der Waals surface area contributed by atoms with Crippen LogP contribution in [0.15, 0.2) is 30.4 Å². The van der Waals surface area contributed by atoms with Gasteiger partial charge < -0.3 is 10.3 Å². The van der Waals surface area contributed by atoms with Crippen LogP contribution in [0.2, 0.25) is 0 Å². The summed E-state index contributed by atoms with van der Waals surface area (Å²) in [5.74, 6) is 1.50. The van der Waals surface area contributed by atoms with Gasteiger partial charge in [-0.05, 0) is 37.0 Å². The fraction of sp³-hybridized carbons (Fsp3) is 0.526. The minimum Gasteiger partial charge on any atom is -0.323 e. The van der Waals surface area contributed by atoms with Crippen LogP contribution in [0.1, 0.15) is 70.3 Å². The highest BCUT2D eigenvalue weighted by atomic mass is 15.1. The molecular formula is C19H29N3. The molecule has 0 aliphatic carbocycles. The average Bonchev–Trinajstić information content (AvgIpc) is 2.82. The van der Waals surface area contributed by atoms with Crippen molar-refractivity contribution in [3.05, 3.63) is 41.7 Å². The number of hydrogen-bond acceptors (Lipinski definition) is 2. The highest BCUT2D eigenvalue weighted by molar-refractivity contribution is 5.77. The van der Waals surface area contributed by atoms with Crippen LogP contribution in [0.25, 0.3) is 11.0 Å². The molecule has 0 fully saturated rings. The molecule has 3 heteroatoms. The normalized spacial score (nSPS) is 13.0. The molecule has 0 aliphatic rings. The topological polar surface area (TPSA) is 43.8 Å². The van der Waals surface area contributed by atoms with Gasteiger partial charge in [0.15, 0.2) is 0 Å². The second kappa shape index (κ2) is 7.10.